The fourth-order valence-corrected chi connectivity index (χ4v) is 5.58. The Hall–Kier alpha value is -4.13. The van der Waals surface area contributed by atoms with Gasteiger partial charge in [-0.2, -0.15) is 0 Å². The van der Waals surface area contributed by atoms with Crippen molar-refractivity contribution < 1.29 is 18.7 Å². The lowest BCUT2D eigenvalue weighted by atomic mass is 9.89. The van der Waals surface area contributed by atoms with Crippen LogP contribution in [-0.2, 0) is 19.3 Å². The number of fused-ring (bicyclic) bond motifs is 4. The predicted octanol–water partition coefficient (Wildman–Crippen LogP) is 4.67. The second-order valence-electron chi connectivity index (χ2n) is 9.72. The number of rotatable bonds is 6. The van der Waals surface area contributed by atoms with Gasteiger partial charge in [-0.3, -0.25) is 9.59 Å². The number of H-pyrrole nitrogens is 1. The zero-order chi connectivity index (χ0) is 25.4. The Balaban J connectivity index is 1.27. The lowest BCUT2D eigenvalue weighted by molar-refractivity contribution is 0.0582. The smallest absolute Gasteiger partial charge is 0.254 e. The van der Waals surface area contributed by atoms with Gasteiger partial charge in [0.2, 0.25) is 0 Å². The summed E-state index contributed by atoms with van der Waals surface area (Å²) in [4.78, 5) is 31.5. The second-order valence-corrected chi connectivity index (χ2v) is 9.72. The van der Waals surface area contributed by atoms with E-state index in [1.54, 1.807) is 12.1 Å². The van der Waals surface area contributed by atoms with E-state index >= 15 is 0 Å². The summed E-state index contributed by atoms with van der Waals surface area (Å²) in [6.45, 7) is 1.51. The number of halogens is 1. The molecule has 0 spiro atoms. The molecule has 0 radical (unpaired) electrons. The van der Waals surface area contributed by atoms with E-state index in [9.17, 15) is 14.0 Å². The molecule has 2 amide bonds. The summed E-state index contributed by atoms with van der Waals surface area (Å²) < 4.78 is 20.0. The fourth-order valence-electron chi connectivity index (χ4n) is 5.58. The molecule has 7 heteroatoms. The lowest BCUT2D eigenvalue weighted by Gasteiger charge is -2.36. The first-order valence-corrected chi connectivity index (χ1v) is 12.8. The zero-order valence-electron chi connectivity index (χ0n) is 20.4. The van der Waals surface area contributed by atoms with Crippen LogP contribution < -0.4 is 10.1 Å². The van der Waals surface area contributed by atoms with Crippen molar-refractivity contribution in [3.8, 4) is 5.75 Å². The van der Waals surface area contributed by atoms with E-state index in [1.807, 2.05) is 53.6 Å². The third kappa shape index (κ3) is 4.46. The first kappa shape index (κ1) is 23.3. The van der Waals surface area contributed by atoms with Crippen molar-refractivity contribution in [2.24, 2.45) is 0 Å². The minimum Gasteiger partial charge on any atom is -0.491 e. The Morgan fingerprint density at radius 1 is 1.11 bits per heavy atom. The molecule has 2 aliphatic heterocycles. The van der Waals surface area contributed by atoms with E-state index in [-0.39, 0.29) is 23.7 Å². The quantitative estimate of drug-likeness (QED) is 0.407. The third-order valence-electron chi connectivity index (χ3n) is 7.43. The molecule has 2 N–H and O–H groups in total. The molecular formula is C30H28FN3O3. The van der Waals surface area contributed by atoms with Crippen LogP contribution >= 0.6 is 0 Å². The van der Waals surface area contributed by atoms with Crippen molar-refractivity contribution in [1.82, 2.24) is 15.2 Å². The highest BCUT2D eigenvalue weighted by atomic mass is 19.1. The van der Waals surface area contributed by atoms with Crippen LogP contribution in [0, 0.1) is 5.82 Å². The standard InChI is InChI=1S/C30H28FN3O3/c31-22-9-10-26-24(15-22)21(17-33-26)7-4-14-34(30(36)20-5-2-1-3-6-20)23-16-25-27(37-18-23)11-8-19-12-13-32-29(35)28(19)25/h1-3,5-6,8-11,15,17,23,33H,4,7,12-14,16,18H2,(H,32,35). The highest BCUT2D eigenvalue weighted by Gasteiger charge is 2.33. The van der Waals surface area contributed by atoms with Gasteiger partial charge in [0.1, 0.15) is 18.2 Å². The maximum absolute atomic E-state index is 13.8. The summed E-state index contributed by atoms with van der Waals surface area (Å²) in [7, 11) is 0. The summed E-state index contributed by atoms with van der Waals surface area (Å²) >= 11 is 0. The molecule has 37 heavy (non-hydrogen) atoms. The number of amides is 2. The molecule has 1 unspecified atom stereocenters. The summed E-state index contributed by atoms with van der Waals surface area (Å²) in [5, 5.41) is 3.81. The SMILES string of the molecule is O=C1NCCc2ccc3c(c21)CC(N(CCCc1c[nH]c2ccc(F)cc12)C(=O)c1ccccc1)CO3. The zero-order valence-corrected chi connectivity index (χ0v) is 20.4. The van der Waals surface area contributed by atoms with Crippen LogP contribution in [0.5, 0.6) is 5.75 Å². The predicted molar refractivity (Wildman–Crippen MR) is 140 cm³/mol. The molecule has 188 valence electrons. The third-order valence-corrected chi connectivity index (χ3v) is 7.43. The number of nitrogens with zero attached hydrogens (tertiary/aromatic N) is 1. The highest BCUT2D eigenvalue weighted by molar-refractivity contribution is 5.99. The normalized spacial score (nSPS) is 16.5. The molecule has 4 aromatic rings. The maximum Gasteiger partial charge on any atom is 0.254 e. The van der Waals surface area contributed by atoms with Crippen molar-refractivity contribution >= 4 is 22.7 Å². The second kappa shape index (κ2) is 9.73. The molecule has 3 aromatic carbocycles. The number of aromatic amines is 1. The monoisotopic (exact) mass is 497 g/mol. The fraction of sp³-hybridized carbons (Fsp3) is 0.267. The molecule has 1 aromatic heterocycles. The van der Waals surface area contributed by atoms with E-state index in [4.69, 9.17) is 4.74 Å². The molecule has 0 fully saturated rings. The van der Waals surface area contributed by atoms with Gasteiger partial charge in [-0.1, -0.05) is 24.3 Å². The molecule has 1 atom stereocenters. The average molecular weight is 498 g/mol. The Kier molecular flexibility index (Phi) is 6.12. The summed E-state index contributed by atoms with van der Waals surface area (Å²) in [6.07, 6.45) is 4.67. The van der Waals surface area contributed by atoms with Gasteiger partial charge in [-0.05, 0) is 66.8 Å². The Morgan fingerprint density at radius 2 is 1.97 bits per heavy atom. The van der Waals surface area contributed by atoms with Crippen LogP contribution in [-0.4, -0.2) is 47.4 Å². The highest BCUT2D eigenvalue weighted by Crippen LogP contribution is 2.33. The van der Waals surface area contributed by atoms with Crippen LogP contribution in [0.2, 0.25) is 0 Å². The van der Waals surface area contributed by atoms with Gasteiger partial charge in [-0.15, -0.1) is 0 Å². The van der Waals surface area contributed by atoms with Crippen LogP contribution in [0.3, 0.4) is 0 Å². The Morgan fingerprint density at radius 3 is 2.84 bits per heavy atom. The van der Waals surface area contributed by atoms with Crippen molar-refractivity contribution in [3.63, 3.8) is 0 Å². The van der Waals surface area contributed by atoms with Gasteiger partial charge in [0.15, 0.2) is 0 Å². The van der Waals surface area contributed by atoms with Gasteiger partial charge < -0.3 is 19.9 Å². The number of nitrogens with one attached hydrogen (secondary N) is 2. The molecule has 3 heterocycles. The number of aryl methyl sites for hydroxylation is 1. The Labute approximate surface area is 214 Å². The van der Waals surface area contributed by atoms with Crippen LogP contribution in [0.1, 0.15) is 43.8 Å². The molecule has 0 saturated carbocycles. The van der Waals surface area contributed by atoms with Crippen molar-refractivity contribution in [2.45, 2.75) is 31.7 Å². The largest absolute Gasteiger partial charge is 0.491 e. The number of ether oxygens (including phenoxy) is 1. The van der Waals surface area contributed by atoms with E-state index < -0.39 is 0 Å². The van der Waals surface area contributed by atoms with E-state index in [0.29, 0.717) is 50.1 Å². The van der Waals surface area contributed by atoms with Gasteiger partial charge in [0.05, 0.1) is 6.04 Å². The first-order valence-electron chi connectivity index (χ1n) is 12.8. The van der Waals surface area contributed by atoms with Crippen molar-refractivity contribution in [1.29, 1.82) is 0 Å². The van der Waals surface area contributed by atoms with Crippen LogP contribution in [0.15, 0.2) is 66.9 Å². The number of hydrogen-bond acceptors (Lipinski definition) is 3. The van der Waals surface area contributed by atoms with Crippen LogP contribution in [0.25, 0.3) is 10.9 Å². The van der Waals surface area contributed by atoms with Gasteiger partial charge in [0, 0.05) is 53.3 Å². The van der Waals surface area contributed by atoms with Crippen molar-refractivity contribution in [2.75, 3.05) is 19.7 Å². The summed E-state index contributed by atoms with van der Waals surface area (Å²) in [5.41, 5.74) is 5.14. The molecule has 6 rings (SSSR count). The number of benzene rings is 3. The molecular weight excluding hydrogens is 469 g/mol. The van der Waals surface area contributed by atoms with Gasteiger partial charge in [0.25, 0.3) is 11.8 Å². The van der Waals surface area contributed by atoms with Crippen molar-refractivity contribution in [3.05, 3.63) is 100 Å². The first-order chi connectivity index (χ1) is 18.1. The summed E-state index contributed by atoms with van der Waals surface area (Å²) in [5.74, 6) is 0.325. The number of hydrogen-bond donors (Lipinski definition) is 2. The van der Waals surface area contributed by atoms with E-state index in [2.05, 4.69) is 10.3 Å². The molecule has 0 saturated heterocycles. The van der Waals surface area contributed by atoms with E-state index in [0.717, 1.165) is 39.8 Å². The minimum atomic E-state index is -0.264. The van der Waals surface area contributed by atoms with E-state index in [1.165, 1.54) is 6.07 Å². The minimum absolute atomic E-state index is 0.0585. The number of carbonyl (C=O) groups is 2. The number of aromatic nitrogens is 1. The lowest BCUT2D eigenvalue weighted by Crippen LogP contribution is -2.48. The molecule has 0 aliphatic carbocycles. The topological polar surface area (TPSA) is 74.4 Å². The van der Waals surface area contributed by atoms with Gasteiger partial charge >= 0.3 is 0 Å². The molecule has 0 bridgehead atoms. The average Bonchev–Trinajstić information content (AvgIpc) is 3.32. The van der Waals surface area contributed by atoms with Crippen LogP contribution in [0.4, 0.5) is 4.39 Å². The number of carbonyl (C=O) groups excluding carboxylic acids is 2. The Bertz CT molecular complexity index is 1480. The molecule has 6 nitrogen and oxygen atoms in total. The van der Waals surface area contributed by atoms with Gasteiger partial charge in [-0.25, -0.2) is 4.39 Å². The maximum atomic E-state index is 13.8. The molecule has 2 aliphatic rings. The summed E-state index contributed by atoms with van der Waals surface area (Å²) in [6, 6.07) is 17.7.